The van der Waals surface area contributed by atoms with Crippen LogP contribution in [0.15, 0.2) is 12.4 Å². The van der Waals surface area contributed by atoms with E-state index in [0.717, 1.165) is 36.2 Å². The van der Waals surface area contributed by atoms with E-state index in [0.29, 0.717) is 11.6 Å². The Morgan fingerprint density at radius 3 is 2.72 bits per heavy atom. The van der Waals surface area contributed by atoms with E-state index in [1.165, 1.54) is 0 Å². The lowest BCUT2D eigenvalue weighted by molar-refractivity contribution is 0.603. The van der Waals surface area contributed by atoms with E-state index in [4.69, 9.17) is 5.73 Å². The molecule has 0 bridgehead atoms. The molecule has 0 atom stereocenters. The number of nitrogens with two attached hydrogens (primary N) is 1. The summed E-state index contributed by atoms with van der Waals surface area (Å²) in [6.07, 6.45) is 5.67. The van der Waals surface area contributed by atoms with Crippen LogP contribution in [0.25, 0.3) is 11.4 Å². The van der Waals surface area contributed by atoms with Crippen LogP contribution in [-0.4, -0.2) is 19.7 Å². The predicted molar refractivity (Wildman–Crippen MR) is 72.1 cm³/mol. The predicted octanol–water partition coefficient (Wildman–Crippen LogP) is 2.20. The number of rotatable bonds is 4. The van der Waals surface area contributed by atoms with Gasteiger partial charge in [-0.1, -0.05) is 13.8 Å². The second-order valence-corrected chi connectivity index (χ2v) is 4.35. The number of hydrogen-bond acceptors (Lipinski definition) is 4. The molecule has 5 nitrogen and oxygen atoms in total. The number of nitrogen functional groups attached to an aromatic ring is 1. The van der Waals surface area contributed by atoms with E-state index in [1.807, 2.05) is 17.8 Å². The smallest absolute Gasteiger partial charge is 0.164 e. The van der Waals surface area contributed by atoms with Gasteiger partial charge in [0.1, 0.15) is 5.82 Å². The van der Waals surface area contributed by atoms with Crippen LogP contribution in [0.5, 0.6) is 0 Å². The summed E-state index contributed by atoms with van der Waals surface area (Å²) in [5, 5.41) is 4.29. The van der Waals surface area contributed by atoms with E-state index in [9.17, 15) is 0 Å². The van der Waals surface area contributed by atoms with Gasteiger partial charge in [0.25, 0.3) is 0 Å². The Labute approximate surface area is 107 Å². The van der Waals surface area contributed by atoms with Gasteiger partial charge in [-0.3, -0.25) is 4.68 Å². The van der Waals surface area contributed by atoms with Crippen molar-refractivity contribution in [1.29, 1.82) is 0 Å². The maximum atomic E-state index is 5.92. The number of anilines is 1. The first kappa shape index (κ1) is 12.5. The molecule has 0 saturated heterocycles. The van der Waals surface area contributed by atoms with Crippen LogP contribution >= 0.6 is 0 Å². The van der Waals surface area contributed by atoms with Crippen molar-refractivity contribution in [2.24, 2.45) is 0 Å². The molecule has 0 aromatic carbocycles. The molecule has 2 N–H and O–H groups in total. The SMILES string of the molecule is CCCn1cc(-c2nc(N)c(C)c(CC)n2)cn1. The number of aromatic nitrogens is 4. The second-order valence-electron chi connectivity index (χ2n) is 4.35. The summed E-state index contributed by atoms with van der Waals surface area (Å²) in [6, 6.07) is 0. The molecule has 0 amide bonds. The van der Waals surface area contributed by atoms with Crippen molar-refractivity contribution in [1.82, 2.24) is 19.7 Å². The molecule has 2 heterocycles. The van der Waals surface area contributed by atoms with Crippen LogP contribution in [0.4, 0.5) is 5.82 Å². The van der Waals surface area contributed by atoms with Crippen molar-refractivity contribution in [3.05, 3.63) is 23.7 Å². The molecule has 2 aromatic heterocycles. The third kappa shape index (κ3) is 2.34. The number of nitrogens with zero attached hydrogens (tertiary/aromatic N) is 4. The molecular formula is C13H19N5. The standard InChI is InChI=1S/C13H19N5/c1-4-6-18-8-10(7-15-18)13-16-11(5-2)9(3)12(14)17-13/h7-8H,4-6H2,1-3H3,(H2,14,16,17). The zero-order chi connectivity index (χ0) is 13.1. The van der Waals surface area contributed by atoms with Crippen molar-refractivity contribution < 1.29 is 0 Å². The minimum absolute atomic E-state index is 0.556. The Hall–Kier alpha value is -1.91. The fourth-order valence-electron chi connectivity index (χ4n) is 1.89. The molecule has 0 radical (unpaired) electrons. The fraction of sp³-hybridized carbons (Fsp3) is 0.462. The average Bonchev–Trinajstić information content (AvgIpc) is 2.81. The third-order valence-electron chi connectivity index (χ3n) is 2.96. The minimum atomic E-state index is 0.556. The van der Waals surface area contributed by atoms with Crippen molar-refractivity contribution in [3.8, 4) is 11.4 Å². The summed E-state index contributed by atoms with van der Waals surface area (Å²) in [5.74, 6) is 1.22. The highest BCUT2D eigenvalue weighted by molar-refractivity contribution is 5.56. The van der Waals surface area contributed by atoms with Crippen molar-refractivity contribution >= 4 is 5.82 Å². The molecule has 18 heavy (non-hydrogen) atoms. The van der Waals surface area contributed by atoms with E-state index in [-0.39, 0.29) is 0 Å². The zero-order valence-electron chi connectivity index (χ0n) is 11.1. The van der Waals surface area contributed by atoms with E-state index >= 15 is 0 Å². The van der Waals surface area contributed by atoms with Gasteiger partial charge in [-0.05, 0) is 19.8 Å². The Balaban J connectivity index is 2.40. The molecule has 0 aliphatic carbocycles. The topological polar surface area (TPSA) is 69.6 Å². The van der Waals surface area contributed by atoms with Crippen LogP contribution in [0.2, 0.25) is 0 Å². The molecule has 0 fully saturated rings. The van der Waals surface area contributed by atoms with Crippen LogP contribution in [0.1, 0.15) is 31.5 Å². The van der Waals surface area contributed by atoms with Crippen LogP contribution in [-0.2, 0) is 13.0 Å². The fourth-order valence-corrected chi connectivity index (χ4v) is 1.89. The number of aryl methyl sites for hydroxylation is 2. The van der Waals surface area contributed by atoms with E-state index < -0.39 is 0 Å². The van der Waals surface area contributed by atoms with Gasteiger partial charge in [0.2, 0.25) is 0 Å². The molecule has 0 aliphatic heterocycles. The van der Waals surface area contributed by atoms with Crippen LogP contribution in [0, 0.1) is 6.92 Å². The molecular weight excluding hydrogens is 226 g/mol. The quantitative estimate of drug-likeness (QED) is 0.896. The van der Waals surface area contributed by atoms with Crippen molar-refractivity contribution in [2.45, 2.75) is 40.2 Å². The summed E-state index contributed by atoms with van der Waals surface area (Å²) in [4.78, 5) is 8.89. The van der Waals surface area contributed by atoms with E-state index in [1.54, 1.807) is 6.20 Å². The molecule has 0 spiro atoms. The van der Waals surface area contributed by atoms with Gasteiger partial charge in [-0.2, -0.15) is 5.10 Å². The van der Waals surface area contributed by atoms with Crippen LogP contribution < -0.4 is 5.73 Å². The molecule has 0 aliphatic rings. The second kappa shape index (κ2) is 5.16. The highest BCUT2D eigenvalue weighted by atomic mass is 15.3. The molecule has 2 aromatic rings. The van der Waals surface area contributed by atoms with Crippen LogP contribution in [0.3, 0.4) is 0 Å². The molecule has 2 rings (SSSR count). The Kier molecular flexibility index (Phi) is 3.60. The molecule has 0 saturated carbocycles. The highest BCUT2D eigenvalue weighted by Crippen LogP contribution is 2.20. The zero-order valence-corrected chi connectivity index (χ0v) is 11.1. The molecule has 0 unspecified atom stereocenters. The maximum Gasteiger partial charge on any atom is 0.164 e. The maximum absolute atomic E-state index is 5.92. The van der Waals surface area contributed by atoms with Crippen molar-refractivity contribution in [3.63, 3.8) is 0 Å². The van der Waals surface area contributed by atoms with Gasteiger partial charge >= 0.3 is 0 Å². The number of hydrogen-bond donors (Lipinski definition) is 1. The van der Waals surface area contributed by atoms with Gasteiger partial charge in [-0.25, -0.2) is 9.97 Å². The van der Waals surface area contributed by atoms with Gasteiger partial charge in [0.15, 0.2) is 5.82 Å². The molecule has 5 heteroatoms. The van der Waals surface area contributed by atoms with Crippen molar-refractivity contribution in [2.75, 3.05) is 5.73 Å². The van der Waals surface area contributed by atoms with Gasteiger partial charge in [0, 0.05) is 24.0 Å². The van der Waals surface area contributed by atoms with E-state index in [2.05, 4.69) is 28.9 Å². The monoisotopic (exact) mass is 245 g/mol. The first-order valence-corrected chi connectivity index (χ1v) is 6.31. The Bertz CT molecular complexity index is 544. The molecule has 96 valence electrons. The Morgan fingerprint density at radius 2 is 2.06 bits per heavy atom. The van der Waals surface area contributed by atoms with Gasteiger partial charge in [0.05, 0.1) is 11.8 Å². The average molecular weight is 245 g/mol. The Morgan fingerprint density at radius 1 is 1.28 bits per heavy atom. The summed E-state index contributed by atoms with van der Waals surface area (Å²) in [7, 11) is 0. The third-order valence-corrected chi connectivity index (χ3v) is 2.96. The summed E-state index contributed by atoms with van der Waals surface area (Å²) in [5.41, 5.74) is 8.82. The summed E-state index contributed by atoms with van der Waals surface area (Å²) >= 11 is 0. The minimum Gasteiger partial charge on any atom is -0.383 e. The summed E-state index contributed by atoms with van der Waals surface area (Å²) < 4.78 is 1.90. The first-order chi connectivity index (χ1) is 8.65. The van der Waals surface area contributed by atoms with Gasteiger partial charge < -0.3 is 5.73 Å². The summed E-state index contributed by atoms with van der Waals surface area (Å²) in [6.45, 7) is 7.05. The normalized spacial score (nSPS) is 10.8. The largest absolute Gasteiger partial charge is 0.383 e. The first-order valence-electron chi connectivity index (χ1n) is 6.31. The highest BCUT2D eigenvalue weighted by Gasteiger charge is 2.10. The van der Waals surface area contributed by atoms with Gasteiger partial charge in [-0.15, -0.1) is 0 Å². The lowest BCUT2D eigenvalue weighted by Crippen LogP contribution is -2.04. The lowest BCUT2D eigenvalue weighted by Gasteiger charge is -2.07. The lowest BCUT2D eigenvalue weighted by atomic mass is 10.2.